The van der Waals surface area contributed by atoms with E-state index in [1.54, 1.807) is 12.1 Å². The maximum atomic E-state index is 11.3. The van der Waals surface area contributed by atoms with Gasteiger partial charge in [0.2, 0.25) is 0 Å². The highest BCUT2D eigenvalue weighted by molar-refractivity contribution is 7.85. The predicted molar refractivity (Wildman–Crippen MR) is 66.5 cm³/mol. The van der Waals surface area contributed by atoms with Crippen molar-refractivity contribution in [1.82, 2.24) is 0 Å². The lowest BCUT2D eigenvalue weighted by molar-refractivity contribution is 0.354. The average Bonchev–Trinajstić information content (AvgIpc) is 2.30. The Balaban J connectivity index is 2.20. The molecule has 0 radical (unpaired) electrons. The number of hydrogen-bond acceptors (Lipinski definition) is 2. The highest BCUT2D eigenvalue weighted by atomic mass is 32.2. The Hall–Kier alpha value is -0.870. The molecular formula is C13H18O3S. The molecule has 0 amide bonds. The molecule has 1 saturated carbocycles. The first kappa shape index (κ1) is 12.6. The molecular weight excluding hydrogens is 236 g/mol. The molecule has 0 unspecified atom stereocenters. The monoisotopic (exact) mass is 254 g/mol. The van der Waals surface area contributed by atoms with Gasteiger partial charge in [-0.1, -0.05) is 50.3 Å². The van der Waals surface area contributed by atoms with E-state index in [0.29, 0.717) is 5.92 Å². The summed E-state index contributed by atoms with van der Waals surface area (Å²) in [5.74, 6) is 0.562. The third-order valence-electron chi connectivity index (χ3n) is 3.48. The van der Waals surface area contributed by atoms with Crippen molar-refractivity contribution in [3.8, 4) is 0 Å². The van der Waals surface area contributed by atoms with Crippen LogP contribution in [0.1, 0.15) is 37.7 Å². The molecule has 0 spiro atoms. The fourth-order valence-electron chi connectivity index (χ4n) is 2.63. The van der Waals surface area contributed by atoms with Crippen LogP contribution in [-0.4, -0.2) is 13.0 Å². The van der Waals surface area contributed by atoms with E-state index in [9.17, 15) is 13.0 Å². The van der Waals surface area contributed by atoms with Crippen LogP contribution in [0.3, 0.4) is 0 Å². The second kappa shape index (κ2) is 5.19. The van der Waals surface area contributed by atoms with Gasteiger partial charge in [0.25, 0.3) is 10.1 Å². The molecule has 2 rings (SSSR count). The van der Waals surface area contributed by atoms with Crippen LogP contribution in [0.2, 0.25) is 0 Å². The molecule has 1 aliphatic rings. The van der Waals surface area contributed by atoms with Crippen LogP contribution >= 0.6 is 0 Å². The number of benzene rings is 1. The first-order valence-corrected chi connectivity index (χ1v) is 7.57. The summed E-state index contributed by atoms with van der Waals surface area (Å²) >= 11 is 0. The maximum Gasteiger partial charge on any atom is 0.294 e. The largest absolute Gasteiger partial charge is 0.294 e. The van der Waals surface area contributed by atoms with E-state index in [4.69, 9.17) is 0 Å². The normalized spacial score (nSPS) is 18.2. The molecule has 0 saturated heterocycles. The van der Waals surface area contributed by atoms with Crippen molar-refractivity contribution in [2.75, 3.05) is 0 Å². The molecule has 1 aromatic carbocycles. The first-order valence-electron chi connectivity index (χ1n) is 6.13. The fraction of sp³-hybridized carbons (Fsp3) is 0.538. The highest BCUT2D eigenvalue weighted by Crippen LogP contribution is 2.28. The quantitative estimate of drug-likeness (QED) is 0.843. The fourth-order valence-corrected chi connectivity index (χ4v) is 3.36. The van der Waals surface area contributed by atoms with Crippen molar-refractivity contribution in [3.05, 3.63) is 29.8 Å². The van der Waals surface area contributed by atoms with Crippen LogP contribution in [0.4, 0.5) is 0 Å². The van der Waals surface area contributed by atoms with E-state index in [1.807, 2.05) is 6.07 Å². The van der Waals surface area contributed by atoms with Crippen molar-refractivity contribution in [2.24, 2.45) is 5.92 Å². The van der Waals surface area contributed by atoms with Crippen molar-refractivity contribution in [2.45, 2.75) is 43.4 Å². The molecule has 1 fully saturated rings. The Morgan fingerprint density at radius 2 is 1.76 bits per heavy atom. The van der Waals surface area contributed by atoms with Crippen molar-refractivity contribution < 1.29 is 13.0 Å². The lowest BCUT2D eigenvalue weighted by Gasteiger charge is -2.22. The Morgan fingerprint density at radius 1 is 1.12 bits per heavy atom. The Kier molecular flexibility index (Phi) is 3.84. The standard InChI is InChI=1S/C13H18O3S/c14-17(15,16)13-9-5-4-8-12(13)10-11-6-2-1-3-7-11/h4-5,8-9,11H,1-3,6-7,10H2,(H,14,15,16). The van der Waals surface area contributed by atoms with Gasteiger partial charge in [-0.05, 0) is 24.0 Å². The van der Waals surface area contributed by atoms with Gasteiger partial charge in [-0.3, -0.25) is 4.55 Å². The SMILES string of the molecule is O=S(=O)(O)c1ccccc1CC1CCCCC1. The van der Waals surface area contributed by atoms with E-state index in [0.717, 1.165) is 12.0 Å². The molecule has 17 heavy (non-hydrogen) atoms. The van der Waals surface area contributed by atoms with Gasteiger partial charge in [0.1, 0.15) is 0 Å². The summed E-state index contributed by atoms with van der Waals surface area (Å²) in [5, 5.41) is 0. The summed E-state index contributed by atoms with van der Waals surface area (Å²) in [6, 6.07) is 6.76. The first-order chi connectivity index (χ1) is 8.07. The minimum atomic E-state index is -4.08. The second-order valence-corrected chi connectivity index (χ2v) is 6.18. The van der Waals surface area contributed by atoms with E-state index >= 15 is 0 Å². The summed E-state index contributed by atoms with van der Waals surface area (Å²) in [6.45, 7) is 0. The molecule has 0 heterocycles. The predicted octanol–water partition coefficient (Wildman–Crippen LogP) is 3.06. The van der Waals surface area contributed by atoms with Crippen LogP contribution in [0.5, 0.6) is 0 Å². The molecule has 1 N–H and O–H groups in total. The van der Waals surface area contributed by atoms with Gasteiger partial charge in [0.15, 0.2) is 0 Å². The summed E-state index contributed by atoms with van der Waals surface area (Å²) in [6.07, 6.45) is 6.85. The molecule has 1 aromatic rings. The average molecular weight is 254 g/mol. The topological polar surface area (TPSA) is 54.4 Å². The second-order valence-electron chi connectivity index (χ2n) is 4.79. The van der Waals surface area contributed by atoms with E-state index < -0.39 is 10.1 Å². The van der Waals surface area contributed by atoms with Crippen molar-refractivity contribution in [1.29, 1.82) is 0 Å². The maximum absolute atomic E-state index is 11.3. The zero-order chi connectivity index (χ0) is 12.3. The Labute approximate surface area is 103 Å². The van der Waals surface area contributed by atoms with Crippen LogP contribution in [0, 0.1) is 5.92 Å². The summed E-state index contributed by atoms with van der Waals surface area (Å²) in [5.41, 5.74) is 0.752. The minimum absolute atomic E-state index is 0.0746. The third kappa shape index (κ3) is 3.30. The third-order valence-corrected chi connectivity index (χ3v) is 4.44. The Bertz CT molecular complexity index is 473. The van der Waals surface area contributed by atoms with Gasteiger partial charge >= 0.3 is 0 Å². The van der Waals surface area contributed by atoms with Gasteiger partial charge in [-0.25, -0.2) is 0 Å². The molecule has 4 heteroatoms. The van der Waals surface area contributed by atoms with E-state index in [-0.39, 0.29) is 4.90 Å². The van der Waals surface area contributed by atoms with E-state index in [2.05, 4.69) is 0 Å². The zero-order valence-electron chi connectivity index (χ0n) is 9.80. The summed E-state index contributed by atoms with van der Waals surface area (Å²) in [4.78, 5) is 0.0746. The van der Waals surface area contributed by atoms with Crippen LogP contribution in [0.25, 0.3) is 0 Å². The Morgan fingerprint density at radius 3 is 2.41 bits per heavy atom. The minimum Gasteiger partial charge on any atom is -0.282 e. The van der Waals surface area contributed by atoms with Gasteiger partial charge in [-0.2, -0.15) is 8.42 Å². The molecule has 0 aliphatic heterocycles. The van der Waals surface area contributed by atoms with Crippen LogP contribution < -0.4 is 0 Å². The van der Waals surface area contributed by atoms with Gasteiger partial charge in [-0.15, -0.1) is 0 Å². The molecule has 0 bridgehead atoms. The molecule has 94 valence electrons. The zero-order valence-corrected chi connectivity index (χ0v) is 10.6. The van der Waals surface area contributed by atoms with Crippen molar-refractivity contribution >= 4 is 10.1 Å². The van der Waals surface area contributed by atoms with Crippen LogP contribution in [-0.2, 0) is 16.5 Å². The van der Waals surface area contributed by atoms with Crippen molar-refractivity contribution in [3.63, 3.8) is 0 Å². The molecule has 3 nitrogen and oxygen atoms in total. The van der Waals surface area contributed by atoms with Gasteiger partial charge in [0, 0.05) is 0 Å². The summed E-state index contributed by atoms with van der Waals surface area (Å²) in [7, 11) is -4.08. The lowest BCUT2D eigenvalue weighted by atomic mass is 9.85. The summed E-state index contributed by atoms with van der Waals surface area (Å²) < 4.78 is 31.7. The smallest absolute Gasteiger partial charge is 0.282 e. The number of hydrogen-bond donors (Lipinski definition) is 1. The van der Waals surface area contributed by atoms with Gasteiger partial charge in [0.05, 0.1) is 4.90 Å². The molecule has 1 aliphatic carbocycles. The molecule has 0 aromatic heterocycles. The molecule has 0 atom stereocenters. The van der Waals surface area contributed by atoms with Crippen LogP contribution in [0.15, 0.2) is 29.2 Å². The van der Waals surface area contributed by atoms with Gasteiger partial charge < -0.3 is 0 Å². The number of rotatable bonds is 3. The van der Waals surface area contributed by atoms with E-state index in [1.165, 1.54) is 38.2 Å². The lowest BCUT2D eigenvalue weighted by Crippen LogP contribution is -2.12. The highest BCUT2D eigenvalue weighted by Gasteiger charge is 2.19.